The molecule has 0 aliphatic rings. The molecule has 8 nitrogen and oxygen atoms in total. The molecule has 2 rings (SSSR count). The molecule has 2 aromatic rings. The SMILES string of the molecule is CCOC(=O)c1sc(NC(=S)Nc2cc(OCC(F)(F)F)cc(OCC(F)(F)F)c2)c(C(=O)OCC)c1C. The normalized spacial score (nSPS) is 11.5. The minimum atomic E-state index is -4.70. The van der Waals surface area contributed by atoms with Crippen LogP contribution in [0.5, 0.6) is 11.5 Å². The molecule has 0 aliphatic heterocycles. The van der Waals surface area contributed by atoms with Crippen molar-refractivity contribution in [3.8, 4) is 11.5 Å². The number of hydrogen-bond donors (Lipinski definition) is 2. The fourth-order valence-electron chi connectivity index (χ4n) is 2.85. The van der Waals surface area contributed by atoms with Gasteiger partial charge in [0.25, 0.3) is 0 Å². The number of halogens is 6. The van der Waals surface area contributed by atoms with Gasteiger partial charge in [0.1, 0.15) is 21.4 Å². The highest BCUT2D eigenvalue weighted by atomic mass is 32.1. The van der Waals surface area contributed by atoms with E-state index in [1.54, 1.807) is 13.8 Å². The zero-order chi connectivity index (χ0) is 28.7. The second-order valence-electron chi connectivity index (χ2n) is 7.28. The first-order chi connectivity index (χ1) is 17.6. The van der Waals surface area contributed by atoms with Crippen LogP contribution >= 0.6 is 23.6 Å². The van der Waals surface area contributed by atoms with Crippen molar-refractivity contribution in [1.29, 1.82) is 0 Å². The van der Waals surface area contributed by atoms with Crippen LogP contribution < -0.4 is 20.1 Å². The number of carbonyl (C=O) groups excluding carboxylic acids is 2. The molecule has 0 radical (unpaired) electrons. The topological polar surface area (TPSA) is 95.1 Å². The van der Waals surface area contributed by atoms with Crippen LogP contribution in [0.1, 0.15) is 39.4 Å². The lowest BCUT2D eigenvalue weighted by Gasteiger charge is -2.16. The average Bonchev–Trinajstić information content (AvgIpc) is 3.11. The summed E-state index contributed by atoms with van der Waals surface area (Å²) in [5, 5.41) is 5.16. The summed E-state index contributed by atoms with van der Waals surface area (Å²) < 4.78 is 94.7. The predicted molar refractivity (Wildman–Crippen MR) is 130 cm³/mol. The van der Waals surface area contributed by atoms with Gasteiger partial charge in [-0.15, -0.1) is 11.3 Å². The maximum Gasteiger partial charge on any atom is 0.422 e. The number of ether oxygens (including phenoxy) is 4. The fraction of sp³-hybridized carbons (Fsp3) is 0.409. The molecule has 0 fully saturated rings. The Morgan fingerprint density at radius 1 is 0.868 bits per heavy atom. The first-order valence-corrected chi connectivity index (χ1v) is 12.0. The quantitative estimate of drug-likeness (QED) is 0.194. The van der Waals surface area contributed by atoms with Gasteiger partial charge < -0.3 is 29.6 Å². The van der Waals surface area contributed by atoms with E-state index in [1.165, 1.54) is 6.92 Å². The number of benzene rings is 1. The second-order valence-corrected chi connectivity index (χ2v) is 8.71. The highest BCUT2D eigenvalue weighted by Crippen LogP contribution is 2.35. The van der Waals surface area contributed by atoms with Gasteiger partial charge in [0.15, 0.2) is 18.3 Å². The molecule has 2 N–H and O–H groups in total. The second kappa shape index (κ2) is 13.0. The molecule has 0 bridgehead atoms. The highest BCUT2D eigenvalue weighted by Gasteiger charge is 2.30. The van der Waals surface area contributed by atoms with Crippen molar-refractivity contribution in [3.63, 3.8) is 0 Å². The number of alkyl halides is 6. The summed E-state index contributed by atoms with van der Waals surface area (Å²) in [6.07, 6.45) is -9.41. The van der Waals surface area contributed by atoms with E-state index in [2.05, 4.69) is 20.1 Å². The highest BCUT2D eigenvalue weighted by molar-refractivity contribution is 7.80. The molecule has 38 heavy (non-hydrogen) atoms. The number of thiocarbonyl (C=S) groups is 1. The van der Waals surface area contributed by atoms with E-state index in [0.29, 0.717) is 0 Å². The maximum absolute atomic E-state index is 12.6. The number of rotatable bonds is 10. The third kappa shape index (κ3) is 9.55. The summed E-state index contributed by atoms with van der Waals surface area (Å²) in [5.74, 6) is -2.34. The van der Waals surface area contributed by atoms with Gasteiger partial charge in [-0.25, -0.2) is 9.59 Å². The van der Waals surface area contributed by atoms with Gasteiger partial charge in [0, 0.05) is 23.9 Å². The lowest BCUT2D eigenvalue weighted by molar-refractivity contribution is -0.153. The number of hydrogen-bond acceptors (Lipinski definition) is 8. The van der Waals surface area contributed by atoms with Gasteiger partial charge in [0.05, 0.1) is 18.8 Å². The summed E-state index contributed by atoms with van der Waals surface area (Å²) in [5.41, 5.74) is 0.180. The Bertz CT molecular complexity index is 1130. The first kappa shape index (κ1) is 31.0. The standard InChI is InChI=1S/C22H22F6N2O6S2/c1-4-33-18(31)15-11(3)16(19(32)34-5-2)38-17(15)30-20(37)29-12-6-13(35-9-21(23,24)25)8-14(7-12)36-10-22(26,27)28/h6-8H,4-5,9-10H2,1-3H3,(H2,29,30,37). The van der Waals surface area contributed by atoms with Crippen LogP contribution in [0, 0.1) is 6.92 Å². The molecular formula is C22H22F6N2O6S2. The zero-order valence-corrected chi connectivity index (χ0v) is 21.7. The van der Waals surface area contributed by atoms with Crippen molar-refractivity contribution in [3.05, 3.63) is 34.2 Å². The largest absolute Gasteiger partial charge is 0.484 e. The molecule has 0 unspecified atom stereocenters. The van der Waals surface area contributed by atoms with Crippen molar-refractivity contribution in [1.82, 2.24) is 0 Å². The average molecular weight is 589 g/mol. The number of esters is 2. The maximum atomic E-state index is 12.6. The van der Waals surface area contributed by atoms with Crippen molar-refractivity contribution in [2.75, 3.05) is 37.1 Å². The summed E-state index contributed by atoms with van der Waals surface area (Å²) in [6, 6.07) is 2.96. The molecule has 0 amide bonds. The van der Waals surface area contributed by atoms with Gasteiger partial charge in [-0.05, 0) is 38.6 Å². The van der Waals surface area contributed by atoms with Crippen LogP contribution in [0.2, 0.25) is 0 Å². The van der Waals surface area contributed by atoms with Gasteiger partial charge in [-0.1, -0.05) is 0 Å². The van der Waals surface area contributed by atoms with Gasteiger partial charge in [-0.2, -0.15) is 26.3 Å². The summed E-state index contributed by atoms with van der Waals surface area (Å²) in [6.45, 7) is 1.40. The number of carbonyl (C=O) groups is 2. The summed E-state index contributed by atoms with van der Waals surface area (Å²) in [7, 11) is 0. The Hall–Kier alpha value is -3.27. The molecule has 1 aromatic carbocycles. The van der Waals surface area contributed by atoms with Crippen molar-refractivity contribution in [2.24, 2.45) is 0 Å². The zero-order valence-electron chi connectivity index (χ0n) is 20.1. The van der Waals surface area contributed by atoms with Crippen LogP contribution in [-0.4, -0.2) is 55.8 Å². The van der Waals surface area contributed by atoms with Crippen LogP contribution in [0.15, 0.2) is 18.2 Å². The van der Waals surface area contributed by atoms with E-state index in [1.807, 2.05) is 0 Å². The van der Waals surface area contributed by atoms with Crippen molar-refractivity contribution < 1.29 is 54.9 Å². The minimum Gasteiger partial charge on any atom is -0.484 e. The molecule has 1 aromatic heterocycles. The predicted octanol–water partition coefficient (Wildman–Crippen LogP) is 6.10. The van der Waals surface area contributed by atoms with Crippen LogP contribution in [0.25, 0.3) is 0 Å². The Morgan fingerprint density at radius 2 is 1.37 bits per heavy atom. The van der Waals surface area contributed by atoms with Crippen LogP contribution in [0.3, 0.4) is 0 Å². The first-order valence-electron chi connectivity index (χ1n) is 10.7. The van der Waals surface area contributed by atoms with Crippen LogP contribution in [0.4, 0.5) is 37.0 Å². The molecule has 0 atom stereocenters. The molecule has 210 valence electrons. The smallest absolute Gasteiger partial charge is 0.422 e. The lowest BCUT2D eigenvalue weighted by Crippen LogP contribution is -2.22. The third-order valence-corrected chi connectivity index (χ3v) is 5.65. The Kier molecular flexibility index (Phi) is 10.6. The lowest BCUT2D eigenvalue weighted by atomic mass is 10.1. The molecule has 16 heteroatoms. The minimum absolute atomic E-state index is 0.000476. The van der Waals surface area contributed by atoms with Gasteiger partial charge in [0.2, 0.25) is 0 Å². The van der Waals surface area contributed by atoms with Crippen molar-refractivity contribution in [2.45, 2.75) is 33.1 Å². The van der Waals surface area contributed by atoms with Crippen LogP contribution in [-0.2, 0) is 9.47 Å². The molecule has 0 aliphatic carbocycles. The van der Waals surface area contributed by atoms with E-state index in [-0.39, 0.29) is 45.0 Å². The summed E-state index contributed by atoms with van der Waals surface area (Å²) >= 11 is 6.05. The molecule has 0 saturated heterocycles. The third-order valence-electron chi connectivity index (χ3n) is 4.26. The number of anilines is 2. The number of thiophene rings is 1. The molecular weight excluding hydrogens is 566 g/mol. The molecule has 0 saturated carbocycles. The van der Waals surface area contributed by atoms with E-state index in [4.69, 9.17) is 21.7 Å². The Morgan fingerprint density at radius 3 is 1.84 bits per heavy atom. The van der Waals surface area contributed by atoms with E-state index < -0.39 is 49.0 Å². The summed E-state index contributed by atoms with van der Waals surface area (Å²) in [4.78, 5) is 24.9. The fourth-order valence-corrected chi connectivity index (χ4v) is 4.23. The monoisotopic (exact) mass is 588 g/mol. The van der Waals surface area contributed by atoms with E-state index in [9.17, 15) is 35.9 Å². The molecule has 0 spiro atoms. The van der Waals surface area contributed by atoms with E-state index >= 15 is 0 Å². The molecule has 1 heterocycles. The van der Waals surface area contributed by atoms with Crippen molar-refractivity contribution >= 4 is 51.3 Å². The Labute approximate surface area is 222 Å². The van der Waals surface area contributed by atoms with Gasteiger partial charge in [-0.3, -0.25) is 0 Å². The van der Waals surface area contributed by atoms with E-state index in [0.717, 1.165) is 29.5 Å². The van der Waals surface area contributed by atoms with Gasteiger partial charge >= 0.3 is 24.3 Å². The Balaban J connectivity index is 2.34. The number of nitrogens with one attached hydrogen (secondary N) is 2.